The molecule has 21 heavy (non-hydrogen) atoms. The number of carbonyl (C=O) groups is 1. The molecule has 0 radical (unpaired) electrons. The average molecular weight is 287 g/mol. The second-order valence-corrected chi connectivity index (χ2v) is 5.52. The molecule has 5 heteroatoms. The molecular weight excluding hydrogens is 270 g/mol. The van der Waals surface area contributed by atoms with Gasteiger partial charge in [-0.3, -0.25) is 0 Å². The Bertz CT molecular complexity index is 686. The summed E-state index contributed by atoms with van der Waals surface area (Å²) in [7, 11) is 0. The van der Waals surface area contributed by atoms with E-state index in [9.17, 15) is 4.79 Å². The van der Waals surface area contributed by atoms with Crippen LogP contribution in [0.25, 0.3) is 11.3 Å². The average Bonchev–Trinajstić information content (AvgIpc) is 3.14. The number of aryl methyl sites for hydroxylation is 1. The SMILES string of the molecule is Cc1ccc(-c2cc(C(=O)O)on2)c(OCC2CC2)c1C. The predicted octanol–water partition coefficient (Wildman–Crippen LogP) is 3.45. The van der Waals surface area contributed by atoms with Crippen molar-refractivity contribution in [1.29, 1.82) is 0 Å². The van der Waals surface area contributed by atoms with Crippen molar-refractivity contribution in [2.75, 3.05) is 6.61 Å². The fourth-order valence-electron chi connectivity index (χ4n) is 2.17. The van der Waals surface area contributed by atoms with Crippen LogP contribution in [0.15, 0.2) is 22.7 Å². The lowest BCUT2D eigenvalue weighted by Gasteiger charge is -2.14. The maximum Gasteiger partial charge on any atom is 0.374 e. The highest BCUT2D eigenvalue weighted by Crippen LogP contribution is 2.37. The van der Waals surface area contributed by atoms with E-state index in [0.717, 1.165) is 22.4 Å². The smallest absolute Gasteiger partial charge is 0.374 e. The van der Waals surface area contributed by atoms with Crippen molar-refractivity contribution in [1.82, 2.24) is 5.16 Å². The quantitative estimate of drug-likeness (QED) is 0.911. The molecule has 110 valence electrons. The Hall–Kier alpha value is -2.30. The molecule has 0 aliphatic heterocycles. The van der Waals surface area contributed by atoms with Crippen LogP contribution in [0.2, 0.25) is 0 Å². The highest BCUT2D eigenvalue weighted by atomic mass is 16.5. The van der Waals surface area contributed by atoms with Crippen molar-refractivity contribution in [3.05, 3.63) is 35.1 Å². The summed E-state index contributed by atoms with van der Waals surface area (Å²) >= 11 is 0. The third-order valence-electron chi connectivity index (χ3n) is 3.83. The van der Waals surface area contributed by atoms with Crippen LogP contribution >= 0.6 is 0 Å². The number of carboxylic acids is 1. The summed E-state index contributed by atoms with van der Waals surface area (Å²) < 4.78 is 10.8. The molecule has 0 bridgehead atoms. The summed E-state index contributed by atoms with van der Waals surface area (Å²) in [5.74, 6) is 0.117. The molecule has 0 saturated heterocycles. The number of hydrogen-bond acceptors (Lipinski definition) is 4. The molecule has 0 unspecified atom stereocenters. The summed E-state index contributed by atoms with van der Waals surface area (Å²) in [5.41, 5.74) is 3.44. The lowest BCUT2D eigenvalue weighted by atomic mass is 10.0. The van der Waals surface area contributed by atoms with E-state index in [4.69, 9.17) is 14.4 Å². The maximum atomic E-state index is 10.9. The topological polar surface area (TPSA) is 72.6 Å². The van der Waals surface area contributed by atoms with Crippen LogP contribution in [0.3, 0.4) is 0 Å². The Labute approximate surface area is 122 Å². The first kappa shape index (κ1) is 13.7. The maximum absolute atomic E-state index is 10.9. The minimum Gasteiger partial charge on any atom is -0.492 e. The lowest BCUT2D eigenvalue weighted by Crippen LogP contribution is -2.03. The zero-order chi connectivity index (χ0) is 15.0. The molecule has 1 aromatic carbocycles. The fraction of sp³-hybridized carbons (Fsp3) is 0.375. The number of aromatic carboxylic acids is 1. The van der Waals surface area contributed by atoms with Crippen LogP contribution in [0.4, 0.5) is 0 Å². The first-order chi connectivity index (χ1) is 10.1. The van der Waals surface area contributed by atoms with E-state index >= 15 is 0 Å². The molecule has 0 spiro atoms. The van der Waals surface area contributed by atoms with Gasteiger partial charge in [-0.25, -0.2) is 4.79 Å². The van der Waals surface area contributed by atoms with Crippen LogP contribution < -0.4 is 4.74 Å². The monoisotopic (exact) mass is 287 g/mol. The van der Waals surface area contributed by atoms with Gasteiger partial charge in [0.05, 0.1) is 6.61 Å². The van der Waals surface area contributed by atoms with Gasteiger partial charge in [-0.1, -0.05) is 11.2 Å². The van der Waals surface area contributed by atoms with Crippen molar-refractivity contribution in [3.63, 3.8) is 0 Å². The third-order valence-corrected chi connectivity index (χ3v) is 3.83. The Morgan fingerprint density at radius 1 is 1.43 bits per heavy atom. The van der Waals surface area contributed by atoms with Crippen LogP contribution in [0.5, 0.6) is 5.75 Å². The molecule has 2 aromatic rings. The molecule has 1 aliphatic carbocycles. The zero-order valence-electron chi connectivity index (χ0n) is 12.0. The first-order valence-corrected chi connectivity index (χ1v) is 6.99. The zero-order valence-corrected chi connectivity index (χ0v) is 12.0. The van der Waals surface area contributed by atoms with Gasteiger partial charge in [0, 0.05) is 11.6 Å². The van der Waals surface area contributed by atoms with E-state index in [1.807, 2.05) is 26.0 Å². The van der Waals surface area contributed by atoms with Gasteiger partial charge < -0.3 is 14.4 Å². The van der Waals surface area contributed by atoms with E-state index in [2.05, 4.69) is 5.16 Å². The number of rotatable bonds is 5. The highest BCUT2D eigenvalue weighted by molar-refractivity contribution is 5.86. The molecule has 1 fully saturated rings. The molecule has 1 aliphatic rings. The number of ether oxygens (including phenoxy) is 1. The van der Waals surface area contributed by atoms with Gasteiger partial charge in [0.1, 0.15) is 11.4 Å². The minimum atomic E-state index is -1.13. The van der Waals surface area contributed by atoms with Gasteiger partial charge in [0.25, 0.3) is 0 Å². The Kier molecular flexibility index (Phi) is 3.41. The Balaban J connectivity index is 1.98. The molecule has 5 nitrogen and oxygen atoms in total. The third kappa shape index (κ3) is 2.77. The lowest BCUT2D eigenvalue weighted by molar-refractivity contribution is 0.0652. The van der Waals surface area contributed by atoms with Crippen LogP contribution in [-0.2, 0) is 0 Å². The summed E-state index contributed by atoms with van der Waals surface area (Å²) in [5, 5.41) is 12.8. The van der Waals surface area contributed by atoms with Crippen molar-refractivity contribution in [2.45, 2.75) is 26.7 Å². The van der Waals surface area contributed by atoms with E-state index in [1.165, 1.54) is 18.9 Å². The predicted molar refractivity (Wildman–Crippen MR) is 76.6 cm³/mol. The minimum absolute atomic E-state index is 0.170. The van der Waals surface area contributed by atoms with E-state index < -0.39 is 5.97 Å². The molecule has 1 heterocycles. The van der Waals surface area contributed by atoms with Crippen LogP contribution in [-0.4, -0.2) is 22.8 Å². The summed E-state index contributed by atoms with van der Waals surface area (Å²) in [4.78, 5) is 10.9. The van der Waals surface area contributed by atoms with Gasteiger partial charge in [0.15, 0.2) is 0 Å². The summed E-state index contributed by atoms with van der Waals surface area (Å²) in [6.45, 7) is 4.72. The second kappa shape index (κ2) is 5.24. The number of benzene rings is 1. The summed E-state index contributed by atoms with van der Waals surface area (Å²) in [6, 6.07) is 5.30. The van der Waals surface area contributed by atoms with Crippen molar-refractivity contribution < 1.29 is 19.2 Å². The number of hydrogen-bond donors (Lipinski definition) is 1. The van der Waals surface area contributed by atoms with Gasteiger partial charge in [-0.2, -0.15) is 0 Å². The fourth-order valence-corrected chi connectivity index (χ4v) is 2.17. The molecule has 1 saturated carbocycles. The van der Waals surface area contributed by atoms with Gasteiger partial charge >= 0.3 is 5.97 Å². The van der Waals surface area contributed by atoms with Gasteiger partial charge in [-0.05, 0) is 49.8 Å². The van der Waals surface area contributed by atoms with E-state index in [0.29, 0.717) is 18.2 Å². The number of nitrogens with zero attached hydrogens (tertiary/aromatic N) is 1. The van der Waals surface area contributed by atoms with Crippen molar-refractivity contribution in [2.24, 2.45) is 5.92 Å². The van der Waals surface area contributed by atoms with E-state index in [-0.39, 0.29) is 5.76 Å². The molecule has 1 N–H and O–H groups in total. The molecule has 0 atom stereocenters. The van der Waals surface area contributed by atoms with Crippen LogP contribution in [0.1, 0.15) is 34.5 Å². The molecule has 0 amide bonds. The largest absolute Gasteiger partial charge is 0.492 e. The molecular formula is C16H17NO4. The molecule has 1 aromatic heterocycles. The standard InChI is InChI=1S/C16H17NO4/c1-9-3-6-12(13-7-14(16(18)19)21-17-13)15(10(9)2)20-8-11-4-5-11/h3,6-7,11H,4-5,8H2,1-2H3,(H,18,19). The van der Waals surface area contributed by atoms with Crippen LogP contribution in [0, 0.1) is 19.8 Å². The molecule has 3 rings (SSSR count). The second-order valence-electron chi connectivity index (χ2n) is 5.52. The highest BCUT2D eigenvalue weighted by Gasteiger charge is 2.24. The van der Waals surface area contributed by atoms with Gasteiger partial charge in [-0.15, -0.1) is 0 Å². The Morgan fingerprint density at radius 3 is 2.81 bits per heavy atom. The van der Waals surface area contributed by atoms with E-state index in [1.54, 1.807) is 0 Å². The number of carboxylic acid groups (broad SMARTS) is 1. The normalized spacial score (nSPS) is 14.2. The number of aromatic nitrogens is 1. The summed E-state index contributed by atoms with van der Waals surface area (Å²) in [6.07, 6.45) is 2.43. The first-order valence-electron chi connectivity index (χ1n) is 6.99. The Morgan fingerprint density at radius 2 is 2.19 bits per heavy atom. The van der Waals surface area contributed by atoms with Gasteiger partial charge in [0.2, 0.25) is 5.76 Å². The van der Waals surface area contributed by atoms with Crippen molar-refractivity contribution in [3.8, 4) is 17.0 Å². The van der Waals surface area contributed by atoms with Crippen molar-refractivity contribution >= 4 is 5.97 Å².